The molecule has 1 fully saturated rings. The Morgan fingerprint density at radius 3 is 2.62 bits per heavy atom. The Morgan fingerprint density at radius 2 is 2.12 bits per heavy atom. The molecule has 1 aromatic rings. The molecule has 0 aliphatic heterocycles. The zero-order chi connectivity index (χ0) is 11.6. The zero-order valence-corrected chi connectivity index (χ0v) is 10.4. The van der Waals surface area contributed by atoms with Crippen LogP contribution in [0.1, 0.15) is 44.5 Å². The summed E-state index contributed by atoms with van der Waals surface area (Å²) in [5.41, 5.74) is 8.55. The van der Waals surface area contributed by atoms with Gasteiger partial charge in [0.25, 0.3) is 0 Å². The average molecular weight is 218 g/mol. The lowest BCUT2D eigenvalue weighted by atomic mass is 9.66. The predicted molar refractivity (Wildman–Crippen MR) is 67.4 cm³/mol. The molecule has 0 saturated heterocycles. The number of hydrogen-bond donors (Lipinski definition) is 1. The molecule has 0 radical (unpaired) electrons. The first-order chi connectivity index (χ1) is 7.66. The Kier molecular flexibility index (Phi) is 3.29. The Balaban J connectivity index is 2.21. The van der Waals surface area contributed by atoms with Gasteiger partial charge in [0.15, 0.2) is 0 Å². The van der Waals surface area contributed by atoms with Crippen molar-refractivity contribution in [2.24, 2.45) is 11.7 Å². The molecule has 2 rings (SSSR count). The zero-order valence-electron chi connectivity index (χ0n) is 10.4. The van der Waals surface area contributed by atoms with E-state index in [-0.39, 0.29) is 5.41 Å². The van der Waals surface area contributed by atoms with Crippen LogP contribution in [0.5, 0.6) is 0 Å². The van der Waals surface area contributed by atoms with E-state index in [4.69, 9.17) is 10.7 Å². The summed E-state index contributed by atoms with van der Waals surface area (Å²) in [6, 6.07) is 6.41. The molecule has 0 spiro atoms. The number of nitrogens with two attached hydrogens (primary N) is 1. The SMILES string of the molecule is CC(C)Cc1cccc(C2(CN)CCC2)n1. The summed E-state index contributed by atoms with van der Waals surface area (Å²) in [5, 5.41) is 0. The molecular weight excluding hydrogens is 196 g/mol. The summed E-state index contributed by atoms with van der Waals surface area (Å²) in [7, 11) is 0. The third-order valence-corrected chi connectivity index (χ3v) is 3.67. The van der Waals surface area contributed by atoms with Crippen molar-refractivity contribution in [2.75, 3.05) is 6.54 Å². The molecule has 0 amide bonds. The molecule has 2 heteroatoms. The van der Waals surface area contributed by atoms with Gasteiger partial charge < -0.3 is 5.73 Å². The van der Waals surface area contributed by atoms with Crippen LogP contribution in [0.3, 0.4) is 0 Å². The normalized spacial score (nSPS) is 18.5. The molecule has 0 unspecified atom stereocenters. The maximum atomic E-state index is 5.91. The first kappa shape index (κ1) is 11.6. The van der Waals surface area contributed by atoms with Crippen molar-refractivity contribution in [3.05, 3.63) is 29.6 Å². The maximum absolute atomic E-state index is 5.91. The van der Waals surface area contributed by atoms with Crippen LogP contribution in [0, 0.1) is 5.92 Å². The van der Waals surface area contributed by atoms with Gasteiger partial charge in [-0.15, -0.1) is 0 Å². The summed E-state index contributed by atoms with van der Waals surface area (Å²) in [6.07, 6.45) is 4.78. The summed E-state index contributed by atoms with van der Waals surface area (Å²) in [4.78, 5) is 4.80. The van der Waals surface area contributed by atoms with Crippen LogP contribution < -0.4 is 5.73 Å². The van der Waals surface area contributed by atoms with Crippen molar-refractivity contribution in [3.8, 4) is 0 Å². The minimum Gasteiger partial charge on any atom is -0.330 e. The topological polar surface area (TPSA) is 38.9 Å². The second-order valence-electron chi connectivity index (χ2n) is 5.45. The van der Waals surface area contributed by atoms with E-state index in [0.717, 1.165) is 13.0 Å². The van der Waals surface area contributed by atoms with Gasteiger partial charge in [0.05, 0.1) is 0 Å². The van der Waals surface area contributed by atoms with Gasteiger partial charge in [-0.2, -0.15) is 0 Å². The van der Waals surface area contributed by atoms with E-state index in [1.54, 1.807) is 0 Å². The van der Waals surface area contributed by atoms with Crippen molar-refractivity contribution in [1.82, 2.24) is 4.98 Å². The van der Waals surface area contributed by atoms with Crippen LogP contribution >= 0.6 is 0 Å². The Labute approximate surface area is 98.3 Å². The van der Waals surface area contributed by atoms with Crippen LogP contribution in [0.4, 0.5) is 0 Å². The number of aromatic nitrogens is 1. The molecule has 88 valence electrons. The quantitative estimate of drug-likeness (QED) is 0.844. The highest BCUT2D eigenvalue weighted by molar-refractivity contribution is 5.23. The number of rotatable bonds is 4. The molecule has 2 nitrogen and oxygen atoms in total. The summed E-state index contributed by atoms with van der Waals surface area (Å²) >= 11 is 0. The first-order valence-electron chi connectivity index (χ1n) is 6.33. The smallest absolute Gasteiger partial charge is 0.0481 e. The minimum atomic E-state index is 0.201. The van der Waals surface area contributed by atoms with Gasteiger partial charge in [0.2, 0.25) is 0 Å². The van der Waals surface area contributed by atoms with E-state index in [1.807, 2.05) is 0 Å². The molecule has 2 N–H and O–H groups in total. The molecule has 1 saturated carbocycles. The molecule has 1 aliphatic carbocycles. The fourth-order valence-electron chi connectivity index (χ4n) is 2.48. The predicted octanol–water partition coefficient (Wildman–Crippen LogP) is 2.66. The molecule has 1 aliphatic rings. The van der Waals surface area contributed by atoms with Crippen LogP contribution in [-0.4, -0.2) is 11.5 Å². The highest BCUT2D eigenvalue weighted by atomic mass is 14.8. The summed E-state index contributed by atoms with van der Waals surface area (Å²) in [6.45, 7) is 5.21. The fraction of sp³-hybridized carbons (Fsp3) is 0.643. The van der Waals surface area contributed by atoms with Crippen LogP contribution in [0.15, 0.2) is 18.2 Å². The van der Waals surface area contributed by atoms with Gasteiger partial charge in [-0.05, 0) is 37.3 Å². The maximum Gasteiger partial charge on any atom is 0.0481 e. The second kappa shape index (κ2) is 4.54. The Bertz CT molecular complexity index is 348. The molecule has 0 bridgehead atoms. The highest BCUT2D eigenvalue weighted by Crippen LogP contribution is 2.41. The fourth-order valence-corrected chi connectivity index (χ4v) is 2.48. The van der Waals surface area contributed by atoms with Crippen molar-refractivity contribution >= 4 is 0 Å². The third kappa shape index (κ3) is 2.12. The highest BCUT2D eigenvalue weighted by Gasteiger charge is 2.38. The van der Waals surface area contributed by atoms with E-state index >= 15 is 0 Å². The standard InChI is InChI=1S/C14H22N2/c1-11(2)9-12-5-3-6-13(16-12)14(10-15)7-4-8-14/h3,5-6,11H,4,7-10,15H2,1-2H3. The van der Waals surface area contributed by atoms with Crippen LogP contribution in [0.25, 0.3) is 0 Å². The van der Waals surface area contributed by atoms with E-state index < -0.39 is 0 Å². The number of pyridine rings is 1. The van der Waals surface area contributed by atoms with Gasteiger partial charge in [-0.3, -0.25) is 4.98 Å². The third-order valence-electron chi connectivity index (χ3n) is 3.67. The molecule has 16 heavy (non-hydrogen) atoms. The largest absolute Gasteiger partial charge is 0.330 e. The van der Waals surface area contributed by atoms with Gasteiger partial charge >= 0.3 is 0 Å². The lowest BCUT2D eigenvalue weighted by Gasteiger charge is -2.40. The summed E-state index contributed by atoms with van der Waals surface area (Å²) < 4.78 is 0. The van der Waals surface area contributed by atoms with E-state index in [2.05, 4.69) is 32.0 Å². The van der Waals surface area contributed by atoms with Crippen molar-refractivity contribution in [3.63, 3.8) is 0 Å². The summed E-state index contributed by atoms with van der Waals surface area (Å²) in [5.74, 6) is 0.665. The van der Waals surface area contributed by atoms with E-state index in [0.29, 0.717) is 5.92 Å². The lowest BCUT2D eigenvalue weighted by molar-refractivity contribution is 0.245. The second-order valence-corrected chi connectivity index (χ2v) is 5.45. The molecule has 0 aromatic carbocycles. The van der Waals surface area contributed by atoms with Crippen molar-refractivity contribution in [2.45, 2.75) is 44.9 Å². The molecule has 1 heterocycles. The molecular formula is C14H22N2. The average Bonchev–Trinajstić information content (AvgIpc) is 2.16. The van der Waals surface area contributed by atoms with Crippen LogP contribution in [0.2, 0.25) is 0 Å². The van der Waals surface area contributed by atoms with Crippen molar-refractivity contribution < 1.29 is 0 Å². The van der Waals surface area contributed by atoms with E-state index in [1.165, 1.54) is 30.7 Å². The van der Waals surface area contributed by atoms with Gasteiger partial charge in [0.1, 0.15) is 0 Å². The monoisotopic (exact) mass is 218 g/mol. The minimum absolute atomic E-state index is 0.201. The van der Waals surface area contributed by atoms with Crippen molar-refractivity contribution in [1.29, 1.82) is 0 Å². The van der Waals surface area contributed by atoms with Gasteiger partial charge in [-0.25, -0.2) is 0 Å². The first-order valence-corrected chi connectivity index (χ1v) is 6.33. The number of hydrogen-bond acceptors (Lipinski definition) is 2. The number of nitrogens with zero attached hydrogens (tertiary/aromatic N) is 1. The lowest BCUT2D eigenvalue weighted by Crippen LogP contribution is -2.42. The van der Waals surface area contributed by atoms with Gasteiger partial charge in [-0.1, -0.05) is 26.3 Å². The molecule has 0 atom stereocenters. The molecule has 1 aromatic heterocycles. The van der Waals surface area contributed by atoms with Gasteiger partial charge in [0, 0.05) is 23.3 Å². The van der Waals surface area contributed by atoms with E-state index in [9.17, 15) is 0 Å². The Morgan fingerprint density at radius 1 is 1.38 bits per heavy atom. The van der Waals surface area contributed by atoms with Crippen LogP contribution in [-0.2, 0) is 11.8 Å². The Hall–Kier alpha value is -0.890.